The Morgan fingerprint density at radius 3 is 0.811 bits per heavy atom. The Labute approximate surface area is 517 Å². The highest BCUT2D eigenvalue weighted by atomic mass is 16.3. The largest absolute Gasteiger partial charge is 0.456 e. The maximum Gasteiger partial charge on any atom is 0.163 e. The SMILES string of the molecule is Cc1nc(-c2ccc(-c3ccccc3)cc2)nc(-c2ccc3oc4ccccc4c3c2)n1.Cc1nc(-c2cccc(-c3ccccc3)c2)nc(-c2ccc3oc4ccccc4c3c2)n1.Cc1nc(-c2ccccc2)nc(-c2ccc3oc4ccccc4c3c2)n1. The molecule has 0 saturated carbocycles. The summed E-state index contributed by atoms with van der Waals surface area (Å²) in [6.45, 7) is 5.70. The molecule has 0 aliphatic heterocycles. The van der Waals surface area contributed by atoms with E-state index >= 15 is 0 Å². The summed E-state index contributed by atoms with van der Waals surface area (Å²) >= 11 is 0. The minimum absolute atomic E-state index is 0.657. The molecule has 12 nitrogen and oxygen atoms in total. The van der Waals surface area contributed by atoms with Gasteiger partial charge in [-0.2, -0.15) is 0 Å². The Bertz CT molecular complexity index is 5470. The maximum atomic E-state index is 5.96. The van der Waals surface area contributed by atoms with Crippen LogP contribution < -0.4 is 0 Å². The van der Waals surface area contributed by atoms with Crippen molar-refractivity contribution in [3.05, 3.63) is 284 Å². The van der Waals surface area contributed by atoms with Crippen molar-refractivity contribution < 1.29 is 13.3 Å². The van der Waals surface area contributed by atoms with Crippen molar-refractivity contribution in [1.82, 2.24) is 44.9 Å². The van der Waals surface area contributed by atoms with E-state index < -0.39 is 0 Å². The summed E-state index contributed by atoms with van der Waals surface area (Å²) in [5.41, 5.74) is 15.6. The molecule has 0 radical (unpaired) electrons. The fourth-order valence-electron chi connectivity index (χ4n) is 11.3. The molecule has 428 valence electrons. The standard InChI is InChI=1S/2C28H19N3O.C22H15N3O/c1-18-29-27(21-11-7-10-20(16-21)19-8-3-2-4-9-19)31-28(30-18)22-14-15-26-24(17-22)23-12-5-6-13-25(23)32-26;1-18-29-27(21-13-11-20(12-14-21)19-7-3-2-4-8-19)31-28(30-18)22-15-16-26-24(17-22)23-9-5-6-10-25(23)32-26;1-14-23-21(15-7-3-2-4-8-15)25-22(24-14)16-11-12-20-18(13-16)17-9-5-6-10-19(17)26-20/h2*2-17H,1H3;2-13H,1H3. The van der Waals surface area contributed by atoms with Gasteiger partial charge in [-0.1, -0.05) is 188 Å². The summed E-state index contributed by atoms with van der Waals surface area (Å²) < 4.78 is 17.8. The minimum Gasteiger partial charge on any atom is -0.456 e. The van der Waals surface area contributed by atoms with E-state index in [9.17, 15) is 0 Å². The van der Waals surface area contributed by atoms with E-state index in [-0.39, 0.29) is 0 Å². The van der Waals surface area contributed by atoms with E-state index in [1.54, 1.807) is 0 Å². The van der Waals surface area contributed by atoms with Gasteiger partial charge in [0.05, 0.1) is 0 Å². The molecule has 0 saturated heterocycles. The molecule has 0 spiro atoms. The molecule has 0 N–H and O–H groups in total. The van der Waals surface area contributed by atoms with E-state index in [1.165, 1.54) is 5.56 Å². The van der Waals surface area contributed by atoms with Crippen LogP contribution in [0.3, 0.4) is 0 Å². The summed E-state index contributed by atoms with van der Waals surface area (Å²) in [5.74, 6) is 6.09. The Balaban J connectivity index is 0.000000113. The van der Waals surface area contributed by atoms with Gasteiger partial charge in [-0.3, -0.25) is 0 Å². The number of hydrogen-bond donors (Lipinski definition) is 0. The molecular weight excluding hydrogens is 1110 g/mol. The number of aromatic nitrogens is 9. The fourth-order valence-corrected chi connectivity index (χ4v) is 11.3. The van der Waals surface area contributed by atoms with Gasteiger partial charge >= 0.3 is 0 Å². The van der Waals surface area contributed by atoms with Gasteiger partial charge in [-0.05, 0) is 122 Å². The van der Waals surface area contributed by atoms with Crippen LogP contribution >= 0.6 is 0 Å². The molecule has 0 unspecified atom stereocenters. The smallest absolute Gasteiger partial charge is 0.163 e. The first-order valence-corrected chi connectivity index (χ1v) is 29.6. The molecule has 0 amide bonds. The van der Waals surface area contributed by atoms with Crippen molar-refractivity contribution in [3.8, 4) is 90.6 Å². The van der Waals surface area contributed by atoms with Crippen LogP contribution in [0, 0.1) is 20.8 Å². The molecule has 6 aromatic heterocycles. The van der Waals surface area contributed by atoms with Gasteiger partial charge in [-0.15, -0.1) is 0 Å². The average molecular weight is 1160 g/mol. The van der Waals surface area contributed by atoms with Crippen molar-refractivity contribution in [3.63, 3.8) is 0 Å². The predicted octanol–water partition coefficient (Wildman–Crippen LogP) is 19.6. The molecule has 0 aliphatic rings. The number of para-hydroxylation sites is 3. The van der Waals surface area contributed by atoms with Gasteiger partial charge in [-0.25, -0.2) is 44.9 Å². The quantitative estimate of drug-likeness (QED) is 0.142. The lowest BCUT2D eigenvalue weighted by molar-refractivity contribution is 0.668. The van der Waals surface area contributed by atoms with Gasteiger partial charge in [0, 0.05) is 65.7 Å². The first-order chi connectivity index (χ1) is 44.3. The molecule has 0 atom stereocenters. The zero-order valence-electron chi connectivity index (χ0n) is 49.2. The third kappa shape index (κ3) is 11.1. The zero-order valence-corrected chi connectivity index (χ0v) is 49.2. The average Bonchev–Trinajstić information content (AvgIpc) is 1.83. The normalized spacial score (nSPS) is 11.3. The second-order valence-corrected chi connectivity index (χ2v) is 21.8. The van der Waals surface area contributed by atoms with Gasteiger partial charge in [0.25, 0.3) is 0 Å². The van der Waals surface area contributed by atoms with E-state index in [2.05, 4.69) is 127 Å². The molecule has 11 aromatic carbocycles. The minimum atomic E-state index is 0.657. The highest BCUT2D eigenvalue weighted by Gasteiger charge is 2.17. The summed E-state index contributed by atoms with van der Waals surface area (Å²) in [7, 11) is 0. The van der Waals surface area contributed by atoms with Gasteiger partial charge in [0.1, 0.15) is 51.0 Å². The third-order valence-corrected chi connectivity index (χ3v) is 15.7. The lowest BCUT2D eigenvalue weighted by atomic mass is 10.0. The van der Waals surface area contributed by atoms with E-state index in [4.69, 9.17) is 28.2 Å². The Hall–Kier alpha value is -12.2. The number of aryl methyl sites for hydroxylation is 3. The molecule has 17 rings (SSSR count). The highest BCUT2D eigenvalue weighted by molar-refractivity contribution is 6.08. The van der Waals surface area contributed by atoms with Crippen molar-refractivity contribution in [2.24, 2.45) is 0 Å². The summed E-state index contributed by atoms with van der Waals surface area (Å²) in [5, 5.41) is 6.46. The summed E-state index contributed by atoms with van der Waals surface area (Å²) in [4.78, 5) is 41.8. The number of hydrogen-bond acceptors (Lipinski definition) is 12. The van der Waals surface area contributed by atoms with Crippen molar-refractivity contribution in [2.45, 2.75) is 20.8 Å². The lowest BCUT2D eigenvalue weighted by Crippen LogP contribution is -1.99. The van der Waals surface area contributed by atoms with Crippen molar-refractivity contribution in [2.75, 3.05) is 0 Å². The van der Waals surface area contributed by atoms with E-state index in [1.807, 2.05) is 191 Å². The second kappa shape index (κ2) is 23.6. The first kappa shape index (κ1) is 54.5. The molecule has 0 fully saturated rings. The number of nitrogens with zero attached hydrogens (tertiary/aromatic N) is 9. The predicted molar refractivity (Wildman–Crippen MR) is 359 cm³/mol. The monoisotopic (exact) mass is 1160 g/mol. The highest BCUT2D eigenvalue weighted by Crippen LogP contribution is 2.36. The Morgan fingerprint density at radius 1 is 0.178 bits per heavy atom. The van der Waals surface area contributed by atoms with Crippen LogP contribution in [0.4, 0.5) is 0 Å². The first-order valence-electron chi connectivity index (χ1n) is 29.6. The summed E-state index contributed by atoms with van der Waals surface area (Å²) in [6.07, 6.45) is 0. The molecule has 17 aromatic rings. The van der Waals surface area contributed by atoms with Crippen LogP contribution in [0.15, 0.2) is 280 Å². The lowest BCUT2D eigenvalue weighted by Gasteiger charge is -2.08. The summed E-state index contributed by atoms with van der Waals surface area (Å²) in [6, 6.07) is 89.7. The second-order valence-electron chi connectivity index (χ2n) is 21.8. The molecule has 12 heteroatoms. The fraction of sp³-hybridized carbons (Fsp3) is 0.0385. The Morgan fingerprint density at radius 2 is 0.422 bits per heavy atom. The number of benzene rings is 11. The Kier molecular flexibility index (Phi) is 14.3. The van der Waals surface area contributed by atoms with Crippen LogP contribution in [-0.4, -0.2) is 44.9 Å². The van der Waals surface area contributed by atoms with Gasteiger partial charge in [0.15, 0.2) is 34.9 Å². The zero-order chi connectivity index (χ0) is 60.5. The van der Waals surface area contributed by atoms with Crippen LogP contribution in [0.1, 0.15) is 17.5 Å². The van der Waals surface area contributed by atoms with Gasteiger partial charge < -0.3 is 13.3 Å². The topological polar surface area (TPSA) is 155 Å². The van der Waals surface area contributed by atoms with Gasteiger partial charge in [0.2, 0.25) is 0 Å². The van der Waals surface area contributed by atoms with Crippen LogP contribution in [-0.2, 0) is 0 Å². The molecule has 0 aliphatic carbocycles. The number of furan rings is 3. The van der Waals surface area contributed by atoms with Crippen LogP contribution in [0.2, 0.25) is 0 Å². The maximum absolute atomic E-state index is 5.96. The molecule has 0 bridgehead atoms. The number of rotatable bonds is 8. The van der Waals surface area contributed by atoms with Crippen molar-refractivity contribution >= 4 is 65.8 Å². The molecule has 90 heavy (non-hydrogen) atoms. The molecule has 6 heterocycles. The van der Waals surface area contributed by atoms with Crippen molar-refractivity contribution in [1.29, 1.82) is 0 Å². The molecular formula is C78H53N9O3. The van der Waals surface area contributed by atoms with Crippen LogP contribution in [0.5, 0.6) is 0 Å². The van der Waals surface area contributed by atoms with Crippen LogP contribution in [0.25, 0.3) is 156 Å². The van der Waals surface area contributed by atoms with E-state index in [0.29, 0.717) is 52.4 Å². The third-order valence-electron chi connectivity index (χ3n) is 15.7. The van der Waals surface area contributed by atoms with E-state index in [0.717, 1.165) is 116 Å². The number of fused-ring (bicyclic) bond motifs is 9.